The van der Waals surface area contributed by atoms with Gasteiger partial charge in [0.15, 0.2) is 23.0 Å². The highest BCUT2D eigenvalue weighted by atomic mass is 16.7. The highest BCUT2D eigenvalue weighted by Crippen LogP contribution is 2.33. The van der Waals surface area contributed by atoms with Crippen molar-refractivity contribution in [1.82, 2.24) is 5.43 Å². The van der Waals surface area contributed by atoms with E-state index in [1.54, 1.807) is 66.7 Å². The lowest BCUT2D eigenvalue weighted by Crippen LogP contribution is -2.18. The highest BCUT2D eigenvalue weighted by molar-refractivity contribution is 6.05. The molecule has 0 fully saturated rings. The third-order valence-electron chi connectivity index (χ3n) is 6.07. The van der Waals surface area contributed by atoms with Crippen molar-refractivity contribution >= 4 is 29.7 Å². The van der Waals surface area contributed by atoms with Crippen LogP contribution in [0.1, 0.15) is 42.2 Å². The monoisotopic (exact) mass is 551 g/mol. The summed E-state index contributed by atoms with van der Waals surface area (Å²) in [5, 5.41) is 6.78. The summed E-state index contributed by atoms with van der Waals surface area (Å²) in [7, 11) is 1.46. The van der Waals surface area contributed by atoms with Crippen molar-refractivity contribution in [1.29, 1.82) is 0 Å². The molecular formula is C31H25N3O7. The lowest BCUT2D eigenvalue weighted by molar-refractivity contribution is 0.0729. The van der Waals surface area contributed by atoms with Crippen LogP contribution in [0.5, 0.6) is 23.0 Å². The standard InChI is InChI=1S/C31H25N3O7/c1-19-6-9-21(10-7-19)31(37)41-26-12-8-20(14-27(26)38-2)17-32-34-30(36)22-4-3-5-24(15-22)33-29(35)23-11-13-25-28(16-23)40-18-39-25/h3-17H,18H2,1-2H3,(H,33,35)(H,34,36). The predicted octanol–water partition coefficient (Wildman–Crippen LogP) is 4.97. The van der Waals surface area contributed by atoms with Gasteiger partial charge in [-0.25, -0.2) is 10.2 Å². The van der Waals surface area contributed by atoms with Crippen LogP contribution in [0.25, 0.3) is 0 Å². The number of rotatable bonds is 8. The van der Waals surface area contributed by atoms with Crippen molar-refractivity contribution in [3.8, 4) is 23.0 Å². The van der Waals surface area contributed by atoms with Gasteiger partial charge >= 0.3 is 5.97 Å². The van der Waals surface area contributed by atoms with Gasteiger partial charge in [-0.15, -0.1) is 0 Å². The minimum absolute atomic E-state index is 0.114. The first-order valence-corrected chi connectivity index (χ1v) is 12.5. The Kier molecular flexibility index (Phi) is 7.91. The molecule has 5 rings (SSSR count). The van der Waals surface area contributed by atoms with E-state index in [4.69, 9.17) is 18.9 Å². The van der Waals surface area contributed by atoms with E-state index in [1.165, 1.54) is 19.4 Å². The number of hydrogen-bond donors (Lipinski definition) is 2. The van der Waals surface area contributed by atoms with E-state index in [-0.39, 0.29) is 18.4 Å². The summed E-state index contributed by atoms with van der Waals surface area (Å²) in [4.78, 5) is 37.8. The van der Waals surface area contributed by atoms with Crippen LogP contribution in [0.3, 0.4) is 0 Å². The fraction of sp³-hybridized carbons (Fsp3) is 0.0968. The number of nitrogens with zero attached hydrogens (tertiary/aromatic N) is 1. The van der Waals surface area contributed by atoms with Crippen LogP contribution in [0.2, 0.25) is 0 Å². The number of nitrogens with one attached hydrogen (secondary N) is 2. The maximum atomic E-state index is 12.7. The normalized spacial score (nSPS) is 11.7. The van der Waals surface area contributed by atoms with Crippen LogP contribution in [0, 0.1) is 6.92 Å². The summed E-state index contributed by atoms with van der Waals surface area (Å²) in [6, 6.07) is 23.3. The molecule has 0 unspecified atom stereocenters. The van der Waals surface area contributed by atoms with Gasteiger partial charge < -0.3 is 24.3 Å². The van der Waals surface area contributed by atoms with Crippen LogP contribution in [-0.4, -0.2) is 37.9 Å². The van der Waals surface area contributed by atoms with Crippen LogP contribution in [0.15, 0.2) is 90.0 Å². The Morgan fingerprint density at radius 2 is 1.56 bits per heavy atom. The number of hydrogen-bond acceptors (Lipinski definition) is 8. The van der Waals surface area contributed by atoms with Crippen LogP contribution in [0.4, 0.5) is 5.69 Å². The molecule has 0 spiro atoms. The predicted molar refractivity (Wildman–Crippen MR) is 151 cm³/mol. The molecule has 1 aliphatic heterocycles. The van der Waals surface area contributed by atoms with Crippen LogP contribution < -0.4 is 29.7 Å². The van der Waals surface area contributed by atoms with Gasteiger partial charge in [0.2, 0.25) is 6.79 Å². The van der Waals surface area contributed by atoms with Gasteiger partial charge in [-0.3, -0.25) is 9.59 Å². The molecule has 1 heterocycles. The van der Waals surface area contributed by atoms with E-state index in [0.29, 0.717) is 45.2 Å². The van der Waals surface area contributed by atoms with Crippen LogP contribution >= 0.6 is 0 Å². The quantitative estimate of drug-likeness (QED) is 0.137. The molecule has 10 nitrogen and oxygen atoms in total. The van der Waals surface area contributed by atoms with Crippen molar-refractivity contribution in [3.63, 3.8) is 0 Å². The number of carbonyl (C=O) groups excluding carboxylic acids is 3. The molecule has 4 aromatic carbocycles. The number of fused-ring (bicyclic) bond motifs is 1. The number of ether oxygens (including phenoxy) is 4. The average molecular weight is 552 g/mol. The zero-order chi connectivity index (χ0) is 28.8. The minimum atomic E-state index is -0.508. The van der Waals surface area contributed by atoms with Crippen molar-refractivity contribution in [3.05, 3.63) is 113 Å². The number of amides is 2. The van der Waals surface area contributed by atoms with Gasteiger partial charge in [0, 0.05) is 16.8 Å². The molecular weight excluding hydrogens is 526 g/mol. The third kappa shape index (κ3) is 6.51. The molecule has 206 valence electrons. The SMILES string of the molecule is COc1cc(C=NNC(=O)c2cccc(NC(=O)c3ccc4c(c3)OCO4)c2)ccc1OC(=O)c1ccc(C)cc1. The van der Waals surface area contributed by atoms with Gasteiger partial charge in [0.05, 0.1) is 18.9 Å². The Morgan fingerprint density at radius 1 is 0.805 bits per heavy atom. The topological polar surface area (TPSA) is 125 Å². The highest BCUT2D eigenvalue weighted by Gasteiger charge is 2.17. The maximum Gasteiger partial charge on any atom is 0.343 e. The number of benzene rings is 4. The number of hydrazone groups is 1. The Hall–Kier alpha value is -5.64. The fourth-order valence-electron chi connectivity index (χ4n) is 3.91. The van der Waals surface area contributed by atoms with E-state index < -0.39 is 11.9 Å². The molecule has 0 radical (unpaired) electrons. The lowest BCUT2D eigenvalue weighted by atomic mass is 10.1. The molecule has 0 aromatic heterocycles. The molecule has 41 heavy (non-hydrogen) atoms. The minimum Gasteiger partial charge on any atom is -0.493 e. The molecule has 2 amide bonds. The smallest absolute Gasteiger partial charge is 0.343 e. The second-order valence-corrected chi connectivity index (χ2v) is 8.97. The van der Waals surface area contributed by atoms with Crippen molar-refractivity contribution in [2.24, 2.45) is 5.10 Å². The van der Waals surface area contributed by atoms with Gasteiger partial charge in [0.25, 0.3) is 11.8 Å². The van der Waals surface area contributed by atoms with E-state index in [1.807, 2.05) is 19.1 Å². The molecule has 0 bridgehead atoms. The molecule has 10 heteroatoms. The third-order valence-corrected chi connectivity index (χ3v) is 6.07. The van der Waals surface area contributed by atoms with Crippen molar-refractivity contribution in [2.45, 2.75) is 6.92 Å². The Bertz CT molecular complexity index is 1650. The Labute approximate surface area is 235 Å². The fourth-order valence-corrected chi connectivity index (χ4v) is 3.91. The summed E-state index contributed by atoms with van der Waals surface area (Å²) in [5.41, 5.74) is 5.63. The Balaban J connectivity index is 1.19. The summed E-state index contributed by atoms with van der Waals surface area (Å²) in [5.74, 6) is 0.310. The molecule has 1 aliphatic rings. The van der Waals surface area contributed by atoms with E-state index >= 15 is 0 Å². The maximum absolute atomic E-state index is 12.7. The first-order valence-electron chi connectivity index (χ1n) is 12.5. The van der Waals surface area contributed by atoms with Crippen molar-refractivity contribution < 1.29 is 33.3 Å². The molecule has 0 atom stereocenters. The number of aryl methyl sites for hydroxylation is 1. The zero-order valence-electron chi connectivity index (χ0n) is 22.2. The van der Waals surface area contributed by atoms with Crippen molar-refractivity contribution in [2.75, 3.05) is 19.2 Å². The number of esters is 1. The van der Waals surface area contributed by atoms with E-state index in [2.05, 4.69) is 15.8 Å². The molecule has 0 saturated heterocycles. The molecule has 0 aliphatic carbocycles. The van der Waals surface area contributed by atoms with Gasteiger partial charge in [0.1, 0.15) is 0 Å². The number of methoxy groups -OCH3 is 1. The largest absolute Gasteiger partial charge is 0.493 e. The first-order chi connectivity index (χ1) is 19.9. The second kappa shape index (κ2) is 12.0. The summed E-state index contributed by atoms with van der Waals surface area (Å²) < 4.78 is 21.4. The van der Waals surface area contributed by atoms with Gasteiger partial charge in [-0.2, -0.15) is 5.10 Å². The molecule has 4 aromatic rings. The zero-order valence-corrected chi connectivity index (χ0v) is 22.2. The lowest BCUT2D eigenvalue weighted by Gasteiger charge is -2.10. The Morgan fingerprint density at radius 3 is 2.37 bits per heavy atom. The van der Waals surface area contributed by atoms with Crippen LogP contribution in [-0.2, 0) is 0 Å². The average Bonchev–Trinajstić information content (AvgIpc) is 3.46. The number of carbonyl (C=O) groups is 3. The van der Waals surface area contributed by atoms with E-state index in [0.717, 1.165) is 5.56 Å². The summed E-state index contributed by atoms with van der Waals surface area (Å²) in [6.45, 7) is 2.05. The summed E-state index contributed by atoms with van der Waals surface area (Å²) >= 11 is 0. The summed E-state index contributed by atoms with van der Waals surface area (Å²) in [6.07, 6.45) is 1.43. The number of anilines is 1. The first kappa shape index (κ1) is 26.9. The molecule has 2 N–H and O–H groups in total. The second-order valence-electron chi connectivity index (χ2n) is 8.97. The van der Waals surface area contributed by atoms with Gasteiger partial charge in [-0.05, 0) is 79.2 Å². The molecule has 0 saturated carbocycles. The van der Waals surface area contributed by atoms with Gasteiger partial charge in [-0.1, -0.05) is 23.8 Å². The van der Waals surface area contributed by atoms with E-state index in [9.17, 15) is 14.4 Å².